The van der Waals surface area contributed by atoms with Crippen LogP contribution in [-0.4, -0.2) is 13.2 Å². The SMILES string of the molecule is Cc1ccc(C(CC2CCOCC2)NN)c(Br)c1. The molecule has 3 N–H and O–H groups in total. The molecule has 1 saturated heterocycles. The molecule has 0 spiro atoms. The van der Waals surface area contributed by atoms with E-state index in [1.807, 2.05) is 0 Å². The molecule has 0 radical (unpaired) electrons. The van der Waals surface area contributed by atoms with Crippen LogP contribution in [0.4, 0.5) is 0 Å². The van der Waals surface area contributed by atoms with Gasteiger partial charge in [0.25, 0.3) is 0 Å². The second-order valence-corrected chi connectivity index (χ2v) is 5.89. The Hall–Kier alpha value is -0.420. The van der Waals surface area contributed by atoms with E-state index < -0.39 is 0 Å². The van der Waals surface area contributed by atoms with Crippen LogP contribution < -0.4 is 11.3 Å². The summed E-state index contributed by atoms with van der Waals surface area (Å²) in [6, 6.07) is 6.64. The third kappa shape index (κ3) is 3.54. The third-order valence-electron chi connectivity index (χ3n) is 3.64. The molecule has 4 heteroatoms. The van der Waals surface area contributed by atoms with Crippen LogP contribution in [0.5, 0.6) is 0 Å². The standard InChI is InChI=1S/C14H21BrN2O/c1-10-2-3-12(13(15)8-10)14(17-16)9-11-4-6-18-7-5-11/h2-3,8,11,14,17H,4-7,9,16H2,1H3. The average molecular weight is 313 g/mol. The van der Waals surface area contributed by atoms with Crippen molar-refractivity contribution in [3.63, 3.8) is 0 Å². The highest BCUT2D eigenvalue weighted by Crippen LogP contribution is 2.31. The molecule has 1 unspecified atom stereocenters. The Morgan fingerprint density at radius 1 is 1.44 bits per heavy atom. The number of nitrogens with two attached hydrogens (primary N) is 1. The summed E-state index contributed by atoms with van der Waals surface area (Å²) in [5.74, 6) is 6.43. The number of rotatable bonds is 4. The van der Waals surface area contributed by atoms with Crippen LogP contribution in [0.3, 0.4) is 0 Å². The molecule has 0 aliphatic carbocycles. The van der Waals surface area contributed by atoms with E-state index in [1.54, 1.807) is 0 Å². The molecule has 1 aromatic rings. The van der Waals surface area contributed by atoms with Crippen molar-refractivity contribution in [1.82, 2.24) is 5.43 Å². The number of benzene rings is 1. The first-order valence-corrected chi connectivity index (χ1v) is 7.30. The number of hydrogen-bond acceptors (Lipinski definition) is 3. The number of nitrogens with one attached hydrogen (secondary N) is 1. The maximum Gasteiger partial charge on any atom is 0.0473 e. The molecule has 0 bridgehead atoms. The molecular formula is C14H21BrN2O. The summed E-state index contributed by atoms with van der Waals surface area (Å²) in [6.45, 7) is 3.87. The van der Waals surface area contributed by atoms with Gasteiger partial charge in [-0.05, 0) is 49.3 Å². The minimum Gasteiger partial charge on any atom is -0.381 e. The number of ether oxygens (including phenoxy) is 1. The highest BCUT2D eigenvalue weighted by Gasteiger charge is 2.21. The van der Waals surface area contributed by atoms with E-state index in [-0.39, 0.29) is 6.04 Å². The first-order valence-electron chi connectivity index (χ1n) is 6.50. The van der Waals surface area contributed by atoms with Crippen LogP contribution in [-0.2, 0) is 4.74 Å². The van der Waals surface area contributed by atoms with Gasteiger partial charge < -0.3 is 4.74 Å². The minimum atomic E-state index is 0.211. The molecular weight excluding hydrogens is 292 g/mol. The van der Waals surface area contributed by atoms with Gasteiger partial charge in [0.15, 0.2) is 0 Å². The minimum absolute atomic E-state index is 0.211. The van der Waals surface area contributed by atoms with Crippen molar-refractivity contribution in [2.75, 3.05) is 13.2 Å². The zero-order valence-electron chi connectivity index (χ0n) is 10.8. The number of halogens is 1. The number of hydrazine groups is 1. The predicted molar refractivity (Wildman–Crippen MR) is 77.1 cm³/mol. The molecule has 3 nitrogen and oxygen atoms in total. The Balaban J connectivity index is 2.07. The molecule has 1 aliphatic rings. The Bertz CT molecular complexity index is 391. The van der Waals surface area contributed by atoms with Crippen LogP contribution >= 0.6 is 15.9 Å². The first kappa shape index (κ1) is 14.0. The third-order valence-corrected chi connectivity index (χ3v) is 4.33. The van der Waals surface area contributed by atoms with Gasteiger partial charge in [-0.15, -0.1) is 0 Å². The summed E-state index contributed by atoms with van der Waals surface area (Å²) in [4.78, 5) is 0. The molecule has 1 atom stereocenters. The quantitative estimate of drug-likeness (QED) is 0.663. The van der Waals surface area contributed by atoms with Gasteiger partial charge in [-0.1, -0.05) is 28.1 Å². The predicted octanol–water partition coefficient (Wildman–Crippen LogP) is 3.08. The largest absolute Gasteiger partial charge is 0.381 e. The van der Waals surface area contributed by atoms with E-state index in [4.69, 9.17) is 10.6 Å². The fraction of sp³-hybridized carbons (Fsp3) is 0.571. The van der Waals surface area contributed by atoms with Gasteiger partial charge in [-0.3, -0.25) is 11.3 Å². The van der Waals surface area contributed by atoms with E-state index >= 15 is 0 Å². The Labute approximate surface area is 117 Å². The summed E-state index contributed by atoms with van der Waals surface area (Å²) >= 11 is 3.63. The van der Waals surface area contributed by atoms with Gasteiger partial charge in [0.1, 0.15) is 0 Å². The van der Waals surface area contributed by atoms with E-state index in [0.29, 0.717) is 5.92 Å². The highest BCUT2D eigenvalue weighted by atomic mass is 79.9. The maximum atomic E-state index is 5.73. The summed E-state index contributed by atoms with van der Waals surface area (Å²) < 4.78 is 6.54. The van der Waals surface area contributed by atoms with Gasteiger partial charge >= 0.3 is 0 Å². The van der Waals surface area contributed by atoms with Crippen LogP contribution in [0, 0.1) is 12.8 Å². The van der Waals surface area contributed by atoms with E-state index in [0.717, 1.165) is 36.9 Å². The summed E-state index contributed by atoms with van der Waals surface area (Å²) in [7, 11) is 0. The second kappa shape index (κ2) is 6.66. The highest BCUT2D eigenvalue weighted by molar-refractivity contribution is 9.10. The van der Waals surface area contributed by atoms with Crippen molar-refractivity contribution in [2.45, 2.75) is 32.2 Å². The van der Waals surface area contributed by atoms with Crippen molar-refractivity contribution in [3.8, 4) is 0 Å². The summed E-state index contributed by atoms with van der Waals surface area (Å²) in [6.07, 6.45) is 3.35. The molecule has 0 amide bonds. The van der Waals surface area contributed by atoms with Gasteiger partial charge in [0, 0.05) is 23.7 Å². The lowest BCUT2D eigenvalue weighted by molar-refractivity contribution is 0.0605. The topological polar surface area (TPSA) is 47.3 Å². The molecule has 1 aliphatic heterocycles. The van der Waals surface area contributed by atoms with Crippen molar-refractivity contribution in [2.24, 2.45) is 11.8 Å². The van der Waals surface area contributed by atoms with E-state index in [2.05, 4.69) is 46.5 Å². The van der Waals surface area contributed by atoms with Crippen LogP contribution in [0.15, 0.2) is 22.7 Å². The second-order valence-electron chi connectivity index (χ2n) is 5.04. The molecule has 1 heterocycles. The lowest BCUT2D eigenvalue weighted by Gasteiger charge is -2.27. The fourth-order valence-corrected chi connectivity index (χ4v) is 3.28. The Morgan fingerprint density at radius 2 is 2.17 bits per heavy atom. The van der Waals surface area contributed by atoms with Crippen molar-refractivity contribution in [1.29, 1.82) is 0 Å². The molecule has 2 rings (SSSR count). The smallest absolute Gasteiger partial charge is 0.0473 e. The van der Waals surface area contributed by atoms with Crippen LogP contribution in [0.2, 0.25) is 0 Å². The van der Waals surface area contributed by atoms with Crippen LogP contribution in [0.1, 0.15) is 36.4 Å². The molecule has 100 valence electrons. The lowest BCUT2D eigenvalue weighted by Crippen LogP contribution is -2.31. The lowest BCUT2D eigenvalue weighted by atomic mass is 9.89. The molecule has 1 aromatic carbocycles. The zero-order valence-corrected chi connectivity index (χ0v) is 12.4. The van der Waals surface area contributed by atoms with Gasteiger partial charge in [0.05, 0.1) is 0 Å². The average Bonchev–Trinajstić information content (AvgIpc) is 2.38. The van der Waals surface area contributed by atoms with Gasteiger partial charge in [-0.2, -0.15) is 0 Å². The van der Waals surface area contributed by atoms with Crippen molar-refractivity contribution < 1.29 is 4.74 Å². The fourth-order valence-electron chi connectivity index (χ4n) is 2.51. The summed E-state index contributed by atoms with van der Waals surface area (Å²) in [5, 5.41) is 0. The van der Waals surface area contributed by atoms with Crippen molar-refractivity contribution >= 4 is 15.9 Å². The normalized spacial score (nSPS) is 18.8. The van der Waals surface area contributed by atoms with Crippen LogP contribution in [0.25, 0.3) is 0 Å². The molecule has 0 saturated carbocycles. The molecule has 0 aromatic heterocycles. The monoisotopic (exact) mass is 312 g/mol. The van der Waals surface area contributed by atoms with Gasteiger partial charge in [-0.25, -0.2) is 0 Å². The molecule has 1 fully saturated rings. The number of aryl methyl sites for hydroxylation is 1. The van der Waals surface area contributed by atoms with Gasteiger partial charge in [0.2, 0.25) is 0 Å². The van der Waals surface area contributed by atoms with Crippen molar-refractivity contribution in [3.05, 3.63) is 33.8 Å². The Kier molecular flexibility index (Phi) is 5.18. The molecule has 18 heavy (non-hydrogen) atoms. The van der Waals surface area contributed by atoms with E-state index in [1.165, 1.54) is 11.1 Å². The Morgan fingerprint density at radius 3 is 2.78 bits per heavy atom. The number of hydrogen-bond donors (Lipinski definition) is 2. The maximum absolute atomic E-state index is 5.73. The first-order chi connectivity index (χ1) is 8.70. The zero-order chi connectivity index (χ0) is 13.0. The van der Waals surface area contributed by atoms with E-state index in [9.17, 15) is 0 Å². The summed E-state index contributed by atoms with van der Waals surface area (Å²) in [5.41, 5.74) is 5.46.